The molecule has 1 amide bonds. The van der Waals surface area contributed by atoms with Crippen molar-refractivity contribution < 1.29 is 19.1 Å². The minimum atomic E-state index is -1.02. The molecular weight excluding hydrogens is 308 g/mol. The maximum Gasteiger partial charge on any atom is 0.305 e. The molecule has 0 spiro atoms. The molecule has 0 heterocycles. The van der Waals surface area contributed by atoms with E-state index in [9.17, 15) is 14.0 Å². The van der Waals surface area contributed by atoms with Gasteiger partial charge in [0.25, 0.3) is 5.91 Å². The molecule has 0 aliphatic heterocycles. The molecule has 1 aromatic rings. The van der Waals surface area contributed by atoms with Gasteiger partial charge in [-0.05, 0) is 26.0 Å². The first-order valence-corrected chi connectivity index (χ1v) is 6.67. The average Bonchev–Trinajstić information content (AvgIpc) is 2.32. The van der Waals surface area contributed by atoms with E-state index in [1.165, 1.54) is 4.90 Å². The second kappa shape index (κ2) is 6.90. The Labute approximate surface area is 126 Å². The first kappa shape index (κ1) is 16.7. The van der Waals surface area contributed by atoms with Gasteiger partial charge in [0.15, 0.2) is 0 Å². The molecule has 0 aliphatic rings. The molecule has 0 atom stereocenters. The molecule has 0 saturated carbocycles. The summed E-state index contributed by atoms with van der Waals surface area (Å²) >= 11 is 11.5. The summed E-state index contributed by atoms with van der Waals surface area (Å²) in [6.07, 6.45) is -0.197. The predicted molar refractivity (Wildman–Crippen MR) is 74.8 cm³/mol. The van der Waals surface area contributed by atoms with Crippen LogP contribution in [0, 0.1) is 5.82 Å². The molecule has 0 aromatic heterocycles. The maximum absolute atomic E-state index is 13.4. The number of hydrogen-bond acceptors (Lipinski definition) is 2. The van der Waals surface area contributed by atoms with Crippen LogP contribution in [0.5, 0.6) is 0 Å². The predicted octanol–water partition coefficient (Wildman–Crippen LogP) is 3.46. The van der Waals surface area contributed by atoms with Gasteiger partial charge in [0.05, 0.1) is 22.0 Å². The van der Waals surface area contributed by atoms with E-state index in [4.69, 9.17) is 28.3 Å². The molecule has 0 aliphatic carbocycles. The van der Waals surface area contributed by atoms with Crippen LogP contribution in [-0.4, -0.2) is 34.5 Å². The van der Waals surface area contributed by atoms with Crippen molar-refractivity contribution in [1.82, 2.24) is 4.90 Å². The number of hydrogen-bond donors (Lipinski definition) is 1. The Balaban J connectivity index is 3.06. The normalized spacial score (nSPS) is 10.7. The fourth-order valence-electron chi connectivity index (χ4n) is 1.65. The van der Waals surface area contributed by atoms with Crippen LogP contribution in [0.15, 0.2) is 12.1 Å². The van der Waals surface area contributed by atoms with Crippen LogP contribution in [0.4, 0.5) is 4.39 Å². The van der Waals surface area contributed by atoms with Crippen molar-refractivity contribution >= 4 is 35.1 Å². The van der Waals surface area contributed by atoms with E-state index in [-0.39, 0.29) is 34.6 Å². The van der Waals surface area contributed by atoms with E-state index in [1.807, 2.05) is 0 Å². The molecule has 0 radical (unpaired) electrons. The summed E-state index contributed by atoms with van der Waals surface area (Å²) in [5.41, 5.74) is -0.0346. The van der Waals surface area contributed by atoms with Gasteiger partial charge in [0.2, 0.25) is 0 Å². The highest BCUT2D eigenvalue weighted by Crippen LogP contribution is 2.26. The molecular formula is C13H14Cl2FNO3. The number of carbonyl (C=O) groups excluding carboxylic acids is 1. The van der Waals surface area contributed by atoms with Crippen LogP contribution in [0.3, 0.4) is 0 Å². The molecule has 1 N–H and O–H groups in total. The van der Waals surface area contributed by atoms with Gasteiger partial charge in [0, 0.05) is 12.6 Å². The average molecular weight is 322 g/mol. The zero-order valence-corrected chi connectivity index (χ0v) is 12.5. The van der Waals surface area contributed by atoms with Gasteiger partial charge in [0.1, 0.15) is 5.82 Å². The standard InChI is InChI=1S/C13H14Cl2FNO3/c1-7(2)17(4-3-12(18)19)13(20)8-5-11(16)10(15)6-9(8)14/h5-7H,3-4H2,1-2H3,(H,18,19). The molecule has 1 rings (SSSR count). The molecule has 0 bridgehead atoms. The van der Waals surface area contributed by atoms with Gasteiger partial charge < -0.3 is 10.0 Å². The monoisotopic (exact) mass is 321 g/mol. The van der Waals surface area contributed by atoms with E-state index in [0.717, 1.165) is 12.1 Å². The van der Waals surface area contributed by atoms with Crippen molar-refractivity contribution in [2.75, 3.05) is 6.54 Å². The Hall–Kier alpha value is -1.33. The fraction of sp³-hybridized carbons (Fsp3) is 0.385. The van der Waals surface area contributed by atoms with Crippen LogP contribution in [-0.2, 0) is 4.79 Å². The van der Waals surface area contributed by atoms with Crippen molar-refractivity contribution in [1.29, 1.82) is 0 Å². The zero-order chi connectivity index (χ0) is 15.4. The van der Waals surface area contributed by atoms with Gasteiger partial charge in [-0.15, -0.1) is 0 Å². The molecule has 0 fully saturated rings. The van der Waals surface area contributed by atoms with Crippen LogP contribution in [0.2, 0.25) is 10.0 Å². The third-order valence-corrected chi connectivity index (χ3v) is 3.29. The molecule has 110 valence electrons. The highest BCUT2D eigenvalue weighted by molar-refractivity contribution is 6.36. The molecule has 0 unspecified atom stereocenters. The van der Waals surface area contributed by atoms with Crippen molar-refractivity contribution in [3.8, 4) is 0 Å². The quantitative estimate of drug-likeness (QED) is 0.845. The van der Waals surface area contributed by atoms with Gasteiger partial charge in [-0.2, -0.15) is 0 Å². The second-order valence-electron chi connectivity index (χ2n) is 4.48. The number of halogens is 3. The Morgan fingerprint density at radius 2 is 1.90 bits per heavy atom. The van der Waals surface area contributed by atoms with Crippen LogP contribution in [0.1, 0.15) is 30.6 Å². The number of aliphatic carboxylic acids is 1. The molecule has 1 aromatic carbocycles. The highest BCUT2D eigenvalue weighted by atomic mass is 35.5. The first-order valence-electron chi connectivity index (χ1n) is 5.91. The first-order chi connectivity index (χ1) is 9.23. The van der Waals surface area contributed by atoms with E-state index in [2.05, 4.69) is 0 Å². The summed E-state index contributed by atoms with van der Waals surface area (Å²) in [6, 6.07) is 1.88. The van der Waals surface area contributed by atoms with Crippen LogP contribution in [0.25, 0.3) is 0 Å². The Morgan fingerprint density at radius 1 is 1.30 bits per heavy atom. The van der Waals surface area contributed by atoms with Crippen molar-refractivity contribution in [2.24, 2.45) is 0 Å². The third-order valence-electron chi connectivity index (χ3n) is 2.69. The number of carboxylic acids is 1. The molecule has 7 heteroatoms. The summed E-state index contributed by atoms with van der Waals surface area (Å²) in [4.78, 5) is 24.3. The van der Waals surface area contributed by atoms with Crippen molar-refractivity contribution in [2.45, 2.75) is 26.3 Å². The number of carbonyl (C=O) groups is 2. The summed E-state index contributed by atoms with van der Waals surface area (Å²) in [5, 5.41) is 8.55. The molecule has 0 saturated heterocycles. The van der Waals surface area contributed by atoms with Gasteiger partial charge >= 0.3 is 5.97 Å². The van der Waals surface area contributed by atoms with E-state index < -0.39 is 17.7 Å². The molecule has 20 heavy (non-hydrogen) atoms. The minimum Gasteiger partial charge on any atom is -0.481 e. The van der Waals surface area contributed by atoms with E-state index >= 15 is 0 Å². The second-order valence-corrected chi connectivity index (χ2v) is 5.30. The fourth-order valence-corrected chi connectivity index (χ4v) is 2.12. The van der Waals surface area contributed by atoms with Gasteiger partial charge in [-0.1, -0.05) is 23.2 Å². The Morgan fingerprint density at radius 3 is 2.40 bits per heavy atom. The van der Waals surface area contributed by atoms with Gasteiger partial charge in [-0.3, -0.25) is 9.59 Å². The lowest BCUT2D eigenvalue weighted by molar-refractivity contribution is -0.137. The smallest absolute Gasteiger partial charge is 0.305 e. The Bertz CT molecular complexity index is 535. The number of carboxylic acid groups (broad SMARTS) is 1. The Kier molecular flexibility index (Phi) is 5.77. The summed E-state index contributed by atoms with van der Waals surface area (Å²) in [6.45, 7) is 3.49. The maximum atomic E-state index is 13.4. The lowest BCUT2D eigenvalue weighted by atomic mass is 10.1. The van der Waals surface area contributed by atoms with Crippen molar-refractivity contribution in [3.63, 3.8) is 0 Å². The number of nitrogens with zero attached hydrogens (tertiary/aromatic N) is 1. The zero-order valence-electron chi connectivity index (χ0n) is 11.0. The molecule has 4 nitrogen and oxygen atoms in total. The summed E-state index contributed by atoms with van der Waals surface area (Å²) in [5.74, 6) is -2.29. The van der Waals surface area contributed by atoms with Crippen molar-refractivity contribution in [3.05, 3.63) is 33.6 Å². The van der Waals surface area contributed by atoms with Crippen LogP contribution >= 0.6 is 23.2 Å². The minimum absolute atomic E-state index is 0.0202. The lowest BCUT2D eigenvalue weighted by Crippen LogP contribution is -2.38. The van der Waals surface area contributed by atoms with Crippen LogP contribution < -0.4 is 0 Å². The topological polar surface area (TPSA) is 57.6 Å². The summed E-state index contributed by atoms with van der Waals surface area (Å²) in [7, 11) is 0. The number of rotatable bonds is 5. The van der Waals surface area contributed by atoms with E-state index in [1.54, 1.807) is 13.8 Å². The third kappa shape index (κ3) is 4.08. The summed E-state index contributed by atoms with van der Waals surface area (Å²) < 4.78 is 13.4. The SMILES string of the molecule is CC(C)N(CCC(=O)O)C(=O)c1cc(F)c(Cl)cc1Cl. The number of benzene rings is 1. The van der Waals surface area contributed by atoms with E-state index in [0.29, 0.717) is 0 Å². The lowest BCUT2D eigenvalue weighted by Gasteiger charge is -2.26. The largest absolute Gasteiger partial charge is 0.481 e. The highest BCUT2D eigenvalue weighted by Gasteiger charge is 2.23. The number of amides is 1. The van der Waals surface area contributed by atoms with Gasteiger partial charge in [-0.25, -0.2) is 4.39 Å².